The standard InChI is InChI=1S/C15H22BrN3O/c1-2-3-12(6-7-20)8-17-9-14-10-18-15-5-4-13(16)11-19(14)15/h4-5,10-12,17,20H,2-3,6-9H2,1H3. The highest BCUT2D eigenvalue weighted by molar-refractivity contribution is 9.10. The molecule has 2 aromatic rings. The number of nitrogens with zero attached hydrogens (tertiary/aromatic N) is 2. The van der Waals surface area contributed by atoms with Gasteiger partial charge in [-0.25, -0.2) is 4.98 Å². The average Bonchev–Trinajstić information content (AvgIpc) is 2.82. The number of hydrogen-bond acceptors (Lipinski definition) is 3. The zero-order valence-electron chi connectivity index (χ0n) is 11.8. The summed E-state index contributed by atoms with van der Waals surface area (Å²) in [4.78, 5) is 4.39. The Hall–Kier alpha value is -0.910. The van der Waals surface area contributed by atoms with Crippen LogP contribution < -0.4 is 5.32 Å². The fourth-order valence-electron chi connectivity index (χ4n) is 2.48. The van der Waals surface area contributed by atoms with Crippen LogP contribution in [0.4, 0.5) is 0 Å². The van der Waals surface area contributed by atoms with Crippen molar-refractivity contribution in [3.63, 3.8) is 0 Å². The van der Waals surface area contributed by atoms with E-state index in [-0.39, 0.29) is 6.61 Å². The number of imidazole rings is 1. The first-order valence-corrected chi connectivity index (χ1v) is 7.97. The van der Waals surface area contributed by atoms with E-state index in [1.807, 2.05) is 24.5 Å². The third kappa shape index (κ3) is 4.04. The second-order valence-corrected chi connectivity index (χ2v) is 6.04. The lowest BCUT2D eigenvalue weighted by Gasteiger charge is -2.15. The molecule has 110 valence electrons. The Morgan fingerprint density at radius 3 is 3.00 bits per heavy atom. The molecule has 0 spiro atoms. The molecule has 0 aromatic carbocycles. The van der Waals surface area contributed by atoms with Crippen molar-refractivity contribution in [2.75, 3.05) is 13.2 Å². The second-order valence-electron chi connectivity index (χ2n) is 5.12. The Labute approximate surface area is 128 Å². The summed E-state index contributed by atoms with van der Waals surface area (Å²) in [5.41, 5.74) is 2.12. The van der Waals surface area contributed by atoms with E-state index in [0.29, 0.717) is 5.92 Å². The summed E-state index contributed by atoms with van der Waals surface area (Å²) in [7, 11) is 0. The molecule has 20 heavy (non-hydrogen) atoms. The molecule has 0 aliphatic carbocycles. The molecule has 2 aromatic heterocycles. The smallest absolute Gasteiger partial charge is 0.136 e. The number of fused-ring (bicyclic) bond motifs is 1. The van der Waals surface area contributed by atoms with Crippen LogP contribution in [0, 0.1) is 5.92 Å². The Morgan fingerprint density at radius 2 is 2.25 bits per heavy atom. The molecule has 2 N–H and O–H groups in total. The molecular formula is C15H22BrN3O. The number of aliphatic hydroxyl groups is 1. The van der Waals surface area contributed by atoms with Gasteiger partial charge >= 0.3 is 0 Å². The minimum Gasteiger partial charge on any atom is -0.396 e. The van der Waals surface area contributed by atoms with E-state index >= 15 is 0 Å². The molecule has 0 bridgehead atoms. The predicted octanol–water partition coefficient (Wildman–Crippen LogP) is 2.99. The maximum absolute atomic E-state index is 9.07. The van der Waals surface area contributed by atoms with Gasteiger partial charge in [0.1, 0.15) is 5.65 Å². The van der Waals surface area contributed by atoms with Crippen LogP contribution in [0.5, 0.6) is 0 Å². The van der Waals surface area contributed by atoms with Gasteiger partial charge in [0.15, 0.2) is 0 Å². The van der Waals surface area contributed by atoms with Crippen LogP contribution in [-0.2, 0) is 6.54 Å². The Balaban J connectivity index is 1.93. The number of rotatable bonds is 8. The second kappa shape index (κ2) is 7.76. The van der Waals surface area contributed by atoms with Gasteiger partial charge in [-0.05, 0) is 53.4 Å². The molecule has 0 aliphatic rings. The fraction of sp³-hybridized carbons (Fsp3) is 0.533. The molecule has 0 saturated carbocycles. The fourth-order valence-corrected chi connectivity index (χ4v) is 2.82. The third-order valence-electron chi connectivity index (χ3n) is 3.52. The van der Waals surface area contributed by atoms with Gasteiger partial charge in [0.2, 0.25) is 0 Å². The summed E-state index contributed by atoms with van der Waals surface area (Å²) in [5, 5.41) is 12.6. The summed E-state index contributed by atoms with van der Waals surface area (Å²) in [6.07, 6.45) is 7.15. The van der Waals surface area contributed by atoms with Gasteiger partial charge in [-0.1, -0.05) is 13.3 Å². The number of halogens is 1. The highest BCUT2D eigenvalue weighted by Gasteiger charge is 2.08. The summed E-state index contributed by atoms with van der Waals surface area (Å²) in [5.74, 6) is 0.552. The molecule has 0 radical (unpaired) electrons. The van der Waals surface area contributed by atoms with Crippen LogP contribution in [0.3, 0.4) is 0 Å². The van der Waals surface area contributed by atoms with Crippen LogP contribution in [0.2, 0.25) is 0 Å². The van der Waals surface area contributed by atoms with Crippen molar-refractivity contribution < 1.29 is 5.11 Å². The topological polar surface area (TPSA) is 49.6 Å². The van der Waals surface area contributed by atoms with Gasteiger partial charge in [0, 0.05) is 23.8 Å². The van der Waals surface area contributed by atoms with Crippen molar-refractivity contribution in [2.24, 2.45) is 5.92 Å². The van der Waals surface area contributed by atoms with Gasteiger partial charge in [0.05, 0.1) is 11.9 Å². The van der Waals surface area contributed by atoms with Gasteiger partial charge in [0.25, 0.3) is 0 Å². The van der Waals surface area contributed by atoms with Gasteiger partial charge in [-0.3, -0.25) is 0 Å². The molecule has 0 amide bonds. The first kappa shape index (κ1) is 15.5. The first-order chi connectivity index (χ1) is 9.74. The quantitative estimate of drug-likeness (QED) is 0.777. The number of nitrogens with one attached hydrogen (secondary N) is 1. The zero-order valence-corrected chi connectivity index (χ0v) is 13.4. The maximum Gasteiger partial charge on any atom is 0.136 e. The van der Waals surface area contributed by atoms with E-state index < -0.39 is 0 Å². The van der Waals surface area contributed by atoms with Crippen molar-refractivity contribution in [2.45, 2.75) is 32.7 Å². The van der Waals surface area contributed by atoms with Crippen LogP contribution in [0.25, 0.3) is 5.65 Å². The first-order valence-electron chi connectivity index (χ1n) is 7.17. The summed E-state index contributed by atoms with van der Waals surface area (Å²) >= 11 is 3.49. The molecule has 5 heteroatoms. The van der Waals surface area contributed by atoms with E-state index in [2.05, 4.69) is 37.6 Å². The molecule has 2 heterocycles. The average molecular weight is 340 g/mol. The minimum atomic E-state index is 0.273. The lowest BCUT2D eigenvalue weighted by Crippen LogP contribution is -2.23. The minimum absolute atomic E-state index is 0.273. The number of hydrogen-bond donors (Lipinski definition) is 2. The number of aliphatic hydroxyl groups excluding tert-OH is 1. The van der Waals surface area contributed by atoms with Gasteiger partial charge in [-0.2, -0.15) is 0 Å². The van der Waals surface area contributed by atoms with Crippen LogP contribution in [0.1, 0.15) is 31.9 Å². The van der Waals surface area contributed by atoms with E-state index in [4.69, 9.17) is 5.11 Å². The monoisotopic (exact) mass is 339 g/mol. The highest BCUT2D eigenvalue weighted by Crippen LogP contribution is 2.14. The van der Waals surface area contributed by atoms with Crippen molar-refractivity contribution in [1.29, 1.82) is 0 Å². The van der Waals surface area contributed by atoms with Crippen molar-refractivity contribution in [1.82, 2.24) is 14.7 Å². The summed E-state index contributed by atoms with van der Waals surface area (Å²) < 4.78 is 3.14. The Kier molecular flexibility index (Phi) is 6.01. The normalized spacial score (nSPS) is 12.9. The van der Waals surface area contributed by atoms with E-state index in [1.54, 1.807) is 0 Å². The summed E-state index contributed by atoms with van der Waals surface area (Å²) in [6.45, 7) is 4.19. The molecule has 0 aliphatic heterocycles. The van der Waals surface area contributed by atoms with Crippen LogP contribution >= 0.6 is 15.9 Å². The number of pyridine rings is 1. The molecule has 1 unspecified atom stereocenters. The third-order valence-corrected chi connectivity index (χ3v) is 3.99. The molecule has 0 fully saturated rings. The van der Waals surface area contributed by atoms with E-state index in [0.717, 1.165) is 48.2 Å². The van der Waals surface area contributed by atoms with Crippen LogP contribution in [-0.4, -0.2) is 27.6 Å². The van der Waals surface area contributed by atoms with Gasteiger partial charge < -0.3 is 14.8 Å². The largest absolute Gasteiger partial charge is 0.396 e. The van der Waals surface area contributed by atoms with Crippen molar-refractivity contribution >= 4 is 21.6 Å². The Bertz CT molecular complexity index is 535. The van der Waals surface area contributed by atoms with E-state index in [1.165, 1.54) is 0 Å². The molecular weight excluding hydrogens is 318 g/mol. The lowest BCUT2D eigenvalue weighted by molar-refractivity contribution is 0.248. The van der Waals surface area contributed by atoms with Crippen molar-refractivity contribution in [3.05, 3.63) is 34.7 Å². The highest BCUT2D eigenvalue weighted by atomic mass is 79.9. The zero-order chi connectivity index (χ0) is 14.4. The molecule has 4 nitrogen and oxygen atoms in total. The van der Waals surface area contributed by atoms with E-state index in [9.17, 15) is 0 Å². The molecule has 0 saturated heterocycles. The SMILES string of the molecule is CCCC(CCO)CNCc1cnc2ccc(Br)cn12. The predicted molar refractivity (Wildman–Crippen MR) is 84.7 cm³/mol. The molecule has 2 rings (SSSR count). The summed E-state index contributed by atoms with van der Waals surface area (Å²) in [6, 6.07) is 4.00. The maximum atomic E-state index is 9.07. The Morgan fingerprint density at radius 1 is 1.40 bits per heavy atom. The number of aromatic nitrogens is 2. The van der Waals surface area contributed by atoms with Crippen LogP contribution in [0.15, 0.2) is 29.0 Å². The van der Waals surface area contributed by atoms with Crippen molar-refractivity contribution in [3.8, 4) is 0 Å². The lowest BCUT2D eigenvalue weighted by atomic mass is 10.0. The van der Waals surface area contributed by atoms with Gasteiger partial charge in [-0.15, -0.1) is 0 Å². The molecule has 1 atom stereocenters.